The zero-order valence-corrected chi connectivity index (χ0v) is 40.8. The Morgan fingerprint density at radius 3 is 1.85 bits per heavy atom. The van der Waals surface area contributed by atoms with E-state index in [1.807, 2.05) is 36.4 Å². The number of rotatable bonds is 8. The van der Waals surface area contributed by atoms with Crippen LogP contribution in [0, 0.1) is 6.92 Å². The van der Waals surface area contributed by atoms with Gasteiger partial charge in [-0.25, -0.2) is 0 Å². The second kappa shape index (κ2) is 16.6. The Kier molecular flexibility index (Phi) is 10.9. The minimum atomic E-state index is -0.993. The van der Waals surface area contributed by atoms with E-state index in [1.54, 1.807) is 14.2 Å². The number of ether oxygens (including phenoxy) is 5. The van der Waals surface area contributed by atoms with Crippen molar-refractivity contribution >= 4 is 44.3 Å². The monoisotopic (exact) mass is 890 g/mol. The Labute approximate surface area is 395 Å². The summed E-state index contributed by atoms with van der Waals surface area (Å²) in [4.78, 5) is 2.43. The number of benzene rings is 7. The molecule has 7 aromatic carbocycles. The molecule has 7 heteroatoms. The first kappa shape index (κ1) is 44.2. The summed E-state index contributed by atoms with van der Waals surface area (Å²) < 4.78 is 34.7. The van der Waals surface area contributed by atoms with E-state index in [0.29, 0.717) is 0 Å². The highest BCUT2D eigenvalue weighted by Gasteiger charge is 2.40. The first-order chi connectivity index (χ1) is 32.0. The summed E-state index contributed by atoms with van der Waals surface area (Å²) in [6.07, 6.45) is 4.69. The topological polar surface area (TPSA) is 54.3 Å². The van der Waals surface area contributed by atoms with Gasteiger partial charge >= 0.3 is 0 Å². The molecule has 2 aliphatic heterocycles. The molecule has 3 unspecified atom stereocenters. The van der Waals surface area contributed by atoms with Crippen molar-refractivity contribution in [2.45, 2.75) is 91.0 Å². The zero-order valence-electron chi connectivity index (χ0n) is 40.8. The molecule has 0 spiro atoms. The van der Waals surface area contributed by atoms with Crippen LogP contribution in [0.25, 0.3) is 44.3 Å². The van der Waals surface area contributed by atoms with Gasteiger partial charge in [-0.1, -0.05) is 102 Å². The van der Waals surface area contributed by atoms with E-state index < -0.39 is 5.60 Å². The van der Waals surface area contributed by atoms with Crippen molar-refractivity contribution in [3.05, 3.63) is 167 Å². The molecule has 0 radical (unpaired) electrons. The van der Waals surface area contributed by atoms with Gasteiger partial charge in [-0.2, -0.15) is 0 Å². The fourth-order valence-corrected chi connectivity index (χ4v) is 10.2. The van der Waals surface area contributed by atoms with Crippen LogP contribution in [0.3, 0.4) is 0 Å². The summed E-state index contributed by atoms with van der Waals surface area (Å²) in [5, 5.41) is 4.46. The highest BCUT2D eigenvalue weighted by molar-refractivity contribution is 6.26. The molecule has 10 rings (SSSR count). The second-order valence-electron chi connectivity index (χ2n) is 20.7. The van der Waals surface area contributed by atoms with Crippen molar-refractivity contribution in [1.29, 1.82) is 0 Å². The lowest BCUT2D eigenvalue weighted by atomic mass is 9.80. The maximum absolute atomic E-state index is 7.84. The van der Waals surface area contributed by atoms with Gasteiger partial charge in [-0.3, -0.25) is 0 Å². The predicted octanol–water partition coefficient (Wildman–Crippen LogP) is 14.6. The van der Waals surface area contributed by atoms with Gasteiger partial charge < -0.3 is 33.2 Å². The van der Waals surface area contributed by atoms with E-state index in [1.165, 1.54) is 27.5 Å². The highest BCUT2D eigenvalue weighted by atomic mass is 16.5. The summed E-state index contributed by atoms with van der Waals surface area (Å²) in [7, 11) is 3.44. The van der Waals surface area contributed by atoms with E-state index in [2.05, 4.69) is 175 Å². The lowest BCUT2D eigenvalue weighted by Crippen LogP contribution is -2.45. The molecule has 3 heterocycles. The van der Waals surface area contributed by atoms with Crippen LogP contribution < -0.4 is 23.8 Å². The van der Waals surface area contributed by atoms with E-state index >= 15 is 0 Å². The third-order valence-corrected chi connectivity index (χ3v) is 13.7. The number of fused-ring (bicyclic) bond motifs is 8. The van der Waals surface area contributed by atoms with Crippen LogP contribution in [0.1, 0.15) is 88.8 Å². The number of nitrogens with zero attached hydrogens (tertiary/aromatic N) is 2. The predicted molar refractivity (Wildman–Crippen MR) is 276 cm³/mol. The van der Waals surface area contributed by atoms with Crippen LogP contribution in [-0.2, 0) is 21.2 Å². The van der Waals surface area contributed by atoms with Gasteiger partial charge in [0.15, 0.2) is 5.60 Å². The van der Waals surface area contributed by atoms with Gasteiger partial charge in [0, 0.05) is 51.6 Å². The lowest BCUT2D eigenvalue weighted by Gasteiger charge is -2.38. The zero-order chi connectivity index (χ0) is 47.0. The molecular weight excluding hydrogens is 829 g/mol. The third-order valence-electron chi connectivity index (χ3n) is 13.7. The smallest absolute Gasteiger partial charge is 0.178 e. The minimum Gasteiger partial charge on any atom is -0.497 e. The van der Waals surface area contributed by atoms with Gasteiger partial charge in [-0.15, -0.1) is 0 Å². The summed E-state index contributed by atoms with van der Waals surface area (Å²) in [5.74, 6) is 3.82. The number of hydrogen-bond acceptors (Lipinski definition) is 6. The maximum atomic E-state index is 7.84. The second-order valence-corrected chi connectivity index (χ2v) is 20.7. The number of hydrogen-bond donors (Lipinski definition) is 0. The molecule has 0 N–H and O–H groups in total. The van der Waals surface area contributed by atoms with E-state index in [-0.39, 0.29) is 23.0 Å². The van der Waals surface area contributed by atoms with Crippen LogP contribution in [-0.4, -0.2) is 44.1 Å². The molecular formula is C60H62N2O5. The van der Waals surface area contributed by atoms with E-state index in [9.17, 15) is 0 Å². The standard InChI is InChI=1S/C60H62N2O5/c1-37-17-26-48-52(29-37)62(44-31-42(58(4,5)6)30-43(32-44)59(7,8)9)56-49-27-28-60(40-15-13-12-14-16-40,41-18-20-46(21-19-41)66-47-24-22-45(63-10)23-25-47)67-57(49)51-34-54(64-11)53(33-50(51)55(48)56)61-35-38(2)65-39(3)36-61/h12-34,38-39H,35-36H2,1-11H3. The van der Waals surface area contributed by atoms with Crippen LogP contribution in [0.2, 0.25) is 0 Å². The van der Waals surface area contributed by atoms with Crippen molar-refractivity contribution in [1.82, 2.24) is 4.57 Å². The first-order valence-corrected chi connectivity index (χ1v) is 23.6. The largest absolute Gasteiger partial charge is 0.497 e. The molecule has 67 heavy (non-hydrogen) atoms. The van der Waals surface area contributed by atoms with Gasteiger partial charge in [0.25, 0.3) is 0 Å². The Balaban J connectivity index is 1.28. The number of aryl methyl sites for hydroxylation is 1. The molecule has 1 aromatic heterocycles. The van der Waals surface area contributed by atoms with Crippen LogP contribution in [0.4, 0.5) is 5.69 Å². The Hall–Kier alpha value is -6.70. The molecule has 7 nitrogen and oxygen atoms in total. The minimum absolute atomic E-state index is 0.0673. The van der Waals surface area contributed by atoms with Crippen molar-refractivity contribution in [2.24, 2.45) is 0 Å². The molecule has 3 atom stereocenters. The fourth-order valence-electron chi connectivity index (χ4n) is 10.2. The Bertz CT molecular complexity index is 3150. The summed E-state index contributed by atoms with van der Waals surface area (Å²) >= 11 is 0. The number of morpholine rings is 1. The lowest BCUT2D eigenvalue weighted by molar-refractivity contribution is -0.00532. The fraction of sp³-hybridized carbons (Fsp3) is 0.300. The van der Waals surface area contributed by atoms with E-state index in [0.717, 1.165) is 91.7 Å². The van der Waals surface area contributed by atoms with Gasteiger partial charge in [0.05, 0.1) is 43.1 Å². The molecule has 1 saturated heterocycles. The molecule has 8 aromatic rings. The van der Waals surface area contributed by atoms with Crippen LogP contribution in [0.5, 0.6) is 28.7 Å². The van der Waals surface area contributed by atoms with Gasteiger partial charge in [-0.05, 0) is 133 Å². The SMILES string of the molecule is COc1ccc(Oc2ccc(C3(c4ccccc4)C=Cc4c(c5cc(OC)c(N6CC(C)OC(C)C6)cc5c5c6ccc(C)cc6n(-c6cc(C(C)(C)C)cc(C(C)(C)C)c6)c45)O3)cc2)cc1. The van der Waals surface area contributed by atoms with Crippen LogP contribution in [0.15, 0.2) is 133 Å². The van der Waals surface area contributed by atoms with Crippen molar-refractivity contribution < 1.29 is 23.7 Å². The number of methoxy groups -OCH3 is 2. The third kappa shape index (κ3) is 7.87. The molecule has 0 bridgehead atoms. The van der Waals surface area contributed by atoms with Crippen molar-refractivity contribution in [3.63, 3.8) is 0 Å². The molecule has 2 aliphatic rings. The molecule has 0 amide bonds. The summed E-state index contributed by atoms with van der Waals surface area (Å²) in [6.45, 7) is 21.9. The quantitative estimate of drug-likeness (QED) is 0.151. The highest BCUT2D eigenvalue weighted by Crippen LogP contribution is 2.53. The normalized spacial score (nSPS) is 18.6. The number of aromatic nitrogens is 1. The average molecular weight is 891 g/mol. The molecule has 1 fully saturated rings. The van der Waals surface area contributed by atoms with Crippen molar-refractivity contribution in [3.8, 4) is 34.4 Å². The first-order valence-electron chi connectivity index (χ1n) is 23.6. The Morgan fingerprint density at radius 2 is 1.24 bits per heavy atom. The average Bonchev–Trinajstić information content (AvgIpc) is 3.65. The summed E-state index contributed by atoms with van der Waals surface area (Å²) in [5.41, 5.74) is 10.1. The van der Waals surface area contributed by atoms with Gasteiger partial charge in [0.1, 0.15) is 28.7 Å². The van der Waals surface area contributed by atoms with Crippen LogP contribution >= 0.6 is 0 Å². The van der Waals surface area contributed by atoms with Gasteiger partial charge in [0.2, 0.25) is 0 Å². The molecule has 0 aliphatic carbocycles. The van der Waals surface area contributed by atoms with E-state index in [4.69, 9.17) is 23.7 Å². The maximum Gasteiger partial charge on any atom is 0.178 e. The molecule has 342 valence electrons. The van der Waals surface area contributed by atoms with Crippen molar-refractivity contribution in [2.75, 3.05) is 32.2 Å². The molecule has 0 saturated carbocycles. The number of anilines is 1. The Morgan fingerprint density at radius 1 is 0.627 bits per heavy atom. The summed E-state index contributed by atoms with van der Waals surface area (Å²) in [6, 6.07) is 45.1.